The van der Waals surface area contributed by atoms with E-state index in [9.17, 15) is 4.79 Å². The van der Waals surface area contributed by atoms with E-state index in [0.29, 0.717) is 45.8 Å². The van der Waals surface area contributed by atoms with Crippen molar-refractivity contribution in [2.75, 3.05) is 19.5 Å². The Morgan fingerprint density at radius 2 is 2.00 bits per heavy atom. The number of esters is 1. The second-order valence-electron chi connectivity index (χ2n) is 9.61. The predicted octanol–water partition coefficient (Wildman–Crippen LogP) is 5.36. The number of ether oxygens (including phenoxy) is 2. The number of carbonyl (C=O) groups excluding carboxylic acids is 1. The maximum absolute atomic E-state index is 13.1. The van der Waals surface area contributed by atoms with Crippen molar-refractivity contribution >= 4 is 26.0 Å². The molecule has 0 saturated carbocycles. The lowest BCUT2D eigenvalue weighted by molar-refractivity contribution is 0.0547. The Morgan fingerprint density at radius 1 is 1.32 bits per heavy atom. The average Bonchev–Trinajstić information content (AvgIpc) is 3.19. The zero-order valence-electron chi connectivity index (χ0n) is 21.5. The number of rotatable bonds is 11. The van der Waals surface area contributed by atoms with Crippen LogP contribution in [0.4, 0.5) is 0 Å². The highest BCUT2D eigenvalue weighted by Gasteiger charge is 2.40. The van der Waals surface area contributed by atoms with E-state index < -0.39 is 20.3 Å². The summed E-state index contributed by atoms with van der Waals surface area (Å²) in [5, 5.41) is 3.77. The number of hydrogen-bond donors (Lipinski definition) is 1. The maximum Gasteiger partial charge on any atom is 0.339 e. The van der Waals surface area contributed by atoms with Crippen LogP contribution in [0.3, 0.4) is 0 Å². The lowest BCUT2D eigenvalue weighted by Gasteiger charge is -2.37. The van der Waals surface area contributed by atoms with Crippen LogP contribution in [-0.4, -0.2) is 43.9 Å². The van der Waals surface area contributed by atoms with Crippen LogP contribution < -0.4 is 14.9 Å². The van der Waals surface area contributed by atoms with Gasteiger partial charge in [-0.2, -0.15) is 16.7 Å². The molecule has 0 fully saturated rings. The topological polar surface area (TPSA) is 110 Å². The molecule has 0 saturated heterocycles. The summed E-state index contributed by atoms with van der Waals surface area (Å²) in [5.41, 5.74) is 8.15. The molecule has 0 spiro atoms. The van der Waals surface area contributed by atoms with Gasteiger partial charge in [0.05, 0.1) is 18.7 Å². The van der Waals surface area contributed by atoms with Crippen LogP contribution in [0.25, 0.3) is 0 Å². The number of methoxy groups -OCH3 is 1. The molecule has 0 bridgehead atoms. The molecular weight excluding hydrogens is 470 g/mol. The Balaban J connectivity index is 2.47. The van der Waals surface area contributed by atoms with Crippen molar-refractivity contribution in [1.29, 1.82) is 0 Å². The number of benzene rings is 1. The molecule has 0 unspecified atom stereocenters. The zero-order valence-corrected chi connectivity index (χ0v) is 23.3. The van der Waals surface area contributed by atoms with Crippen LogP contribution in [0.1, 0.15) is 60.0 Å². The number of nitrogens with two attached hydrogens (primary N) is 1. The highest BCUT2D eigenvalue weighted by atomic mass is 32.2. The van der Waals surface area contributed by atoms with Crippen molar-refractivity contribution in [2.45, 2.75) is 64.5 Å². The van der Waals surface area contributed by atoms with Crippen LogP contribution in [0, 0.1) is 13.8 Å². The van der Waals surface area contributed by atoms with Gasteiger partial charge in [0.25, 0.3) is 0 Å². The first-order valence-electron chi connectivity index (χ1n) is 11.1. The first kappa shape index (κ1) is 27.9. The zero-order chi connectivity index (χ0) is 25.7. The van der Waals surface area contributed by atoms with Crippen molar-refractivity contribution in [3.8, 4) is 11.5 Å². The molecule has 2 N–H and O–H groups in total. The quantitative estimate of drug-likeness (QED) is 0.244. The Labute approximate surface area is 207 Å². The standard InChI is InChI=1S/C24H37N3O5SSi/c1-10-11-30-23(28)21-15(2)19(29-7)12-20(32-34(8,9)24(4,5)6)17(21)13-33-14-18(25)22-26-16(3)27-31-22/h10,12,18H,1,11,13-14,25H2,2-9H3/t18-/m0/s1. The van der Waals surface area contributed by atoms with E-state index >= 15 is 0 Å². The molecule has 8 nitrogen and oxygen atoms in total. The summed E-state index contributed by atoms with van der Waals surface area (Å²) in [7, 11) is -0.635. The van der Waals surface area contributed by atoms with Gasteiger partial charge in [-0.05, 0) is 32.0 Å². The summed E-state index contributed by atoms with van der Waals surface area (Å²) in [5.74, 6) is 2.70. The number of carbonyl (C=O) groups is 1. The van der Waals surface area contributed by atoms with E-state index in [4.69, 9.17) is 24.2 Å². The van der Waals surface area contributed by atoms with E-state index in [0.717, 1.165) is 5.56 Å². The van der Waals surface area contributed by atoms with Crippen molar-refractivity contribution in [2.24, 2.45) is 5.73 Å². The highest BCUT2D eigenvalue weighted by Crippen LogP contribution is 2.42. The van der Waals surface area contributed by atoms with Crippen LogP contribution in [0.5, 0.6) is 11.5 Å². The van der Waals surface area contributed by atoms with E-state index in [1.165, 1.54) is 0 Å². The van der Waals surface area contributed by atoms with Gasteiger partial charge in [0.15, 0.2) is 5.82 Å². The maximum atomic E-state index is 13.1. The molecule has 2 rings (SSSR count). The second-order valence-corrected chi connectivity index (χ2v) is 15.4. The van der Waals surface area contributed by atoms with Gasteiger partial charge >= 0.3 is 5.97 Å². The molecule has 0 radical (unpaired) electrons. The van der Waals surface area contributed by atoms with Gasteiger partial charge in [0.2, 0.25) is 14.2 Å². The van der Waals surface area contributed by atoms with E-state index in [1.807, 2.05) is 13.0 Å². The average molecular weight is 508 g/mol. The van der Waals surface area contributed by atoms with Crippen LogP contribution in [-0.2, 0) is 10.5 Å². The van der Waals surface area contributed by atoms with E-state index in [-0.39, 0.29) is 11.6 Å². The largest absolute Gasteiger partial charge is 0.543 e. The lowest BCUT2D eigenvalue weighted by Crippen LogP contribution is -2.44. The van der Waals surface area contributed by atoms with Crippen molar-refractivity contribution in [3.63, 3.8) is 0 Å². The smallest absolute Gasteiger partial charge is 0.339 e. The van der Waals surface area contributed by atoms with Crippen molar-refractivity contribution in [1.82, 2.24) is 10.1 Å². The molecule has 0 aliphatic heterocycles. The fourth-order valence-corrected chi connectivity index (χ4v) is 5.01. The molecule has 2 aromatic rings. The fraction of sp³-hybridized carbons (Fsp3) is 0.542. The monoisotopic (exact) mass is 507 g/mol. The molecule has 188 valence electrons. The van der Waals surface area contributed by atoms with Gasteiger partial charge in [0.1, 0.15) is 18.1 Å². The third-order valence-corrected chi connectivity index (χ3v) is 11.4. The summed E-state index contributed by atoms with van der Waals surface area (Å²) < 4.78 is 22.9. The van der Waals surface area contributed by atoms with Gasteiger partial charge < -0.3 is 24.2 Å². The number of nitrogens with zero attached hydrogens (tertiary/aromatic N) is 2. The first-order valence-corrected chi connectivity index (χ1v) is 15.2. The highest BCUT2D eigenvalue weighted by molar-refractivity contribution is 7.98. The van der Waals surface area contributed by atoms with Gasteiger partial charge in [0, 0.05) is 28.7 Å². The molecule has 1 aromatic carbocycles. The number of aryl methyl sites for hydroxylation is 1. The third kappa shape index (κ3) is 6.64. The van der Waals surface area contributed by atoms with Gasteiger partial charge in [-0.15, -0.1) is 0 Å². The molecule has 1 aromatic heterocycles. The summed E-state index contributed by atoms with van der Waals surface area (Å²) in [4.78, 5) is 17.3. The Kier molecular flexibility index (Phi) is 9.38. The number of hydrogen-bond acceptors (Lipinski definition) is 9. The normalized spacial score (nSPS) is 12.9. The Bertz CT molecular complexity index is 1020. The molecule has 0 aliphatic carbocycles. The van der Waals surface area contributed by atoms with Crippen LogP contribution >= 0.6 is 11.8 Å². The molecule has 10 heteroatoms. The molecule has 1 heterocycles. The second kappa shape index (κ2) is 11.4. The molecule has 1 atom stereocenters. The van der Waals surface area contributed by atoms with Crippen molar-refractivity contribution in [3.05, 3.63) is 47.1 Å². The van der Waals surface area contributed by atoms with Gasteiger partial charge in [-0.25, -0.2) is 4.79 Å². The summed E-state index contributed by atoms with van der Waals surface area (Å²) in [6, 6.07) is 1.45. The molecule has 34 heavy (non-hydrogen) atoms. The fourth-order valence-electron chi connectivity index (χ4n) is 2.97. The summed E-state index contributed by atoms with van der Waals surface area (Å²) in [6.45, 7) is 18.2. The minimum Gasteiger partial charge on any atom is -0.543 e. The Hall–Kier alpha value is -2.30. The number of aromatic nitrogens is 2. The van der Waals surface area contributed by atoms with Crippen molar-refractivity contribution < 1.29 is 23.2 Å². The lowest BCUT2D eigenvalue weighted by atomic mass is 10.0. The Morgan fingerprint density at radius 3 is 2.53 bits per heavy atom. The number of thioether (sulfide) groups is 1. The molecule has 0 aliphatic rings. The van der Waals surface area contributed by atoms with Gasteiger partial charge in [-0.1, -0.05) is 38.6 Å². The van der Waals surface area contributed by atoms with Crippen LogP contribution in [0.15, 0.2) is 23.2 Å². The molecular formula is C24H37N3O5SSi. The molecule has 0 amide bonds. The predicted molar refractivity (Wildman–Crippen MR) is 138 cm³/mol. The van der Waals surface area contributed by atoms with E-state index in [2.05, 4.69) is 50.6 Å². The summed E-state index contributed by atoms with van der Waals surface area (Å²) >= 11 is 1.56. The minimum absolute atomic E-state index is 0.0305. The minimum atomic E-state index is -2.22. The van der Waals surface area contributed by atoms with Gasteiger partial charge in [-0.3, -0.25) is 0 Å². The third-order valence-electron chi connectivity index (χ3n) is 5.94. The van der Waals surface area contributed by atoms with E-state index in [1.54, 1.807) is 31.9 Å². The summed E-state index contributed by atoms with van der Waals surface area (Å²) in [6.07, 6.45) is 1.54. The first-order chi connectivity index (χ1) is 15.8. The van der Waals surface area contributed by atoms with Crippen LogP contribution in [0.2, 0.25) is 18.1 Å². The SMILES string of the molecule is C=CCOC(=O)c1c(C)c(OC)cc(O[Si](C)(C)C(C)(C)C)c1CSC[C@H](N)c1nc(C)no1.